The van der Waals surface area contributed by atoms with Gasteiger partial charge in [0.05, 0.1) is 17.8 Å². The summed E-state index contributed by atoms with van der Waals surface area (Å²) in [5.74, 6) is -0.823. The first kappa shape index (κ1) is 15.3. The van der Waals surface area contributed by atoms with Crippen molar-refractivity contribution in [3.8, 4) is 5.69 Å². The predicted molar refractivity (Wildman–Crippen MR) is 83.0 cm³/mol. The predicted octanol–water partition coefficient (Wildman–Crippen LogP) is 3.46. The van der Waals surface area contributed by atoms with Gasteiger partial charge in [-0.15, -0.1) is 0 Å². The lowest BCUT2D eigenvalue weighted by Crippen LogP contribution is -2.03. The number of rotatable bonds is 6. The van der Waals surface area contributed by atoms with Crippen molar-refractivity contribution in [2.24, 2.45) is 0 Å². The lowest BCUT2D eigenvalue weighted by atomic mass is 10.1. The number of aryl methyl sites for hydroxylation is 2. The van der Waals surface area contributed by atoms with Crippen LogP contribution in [0.1, 0.15) is 42.3 Å². The number of benzene rings is 1. The number of aliphatic carboxylic acids is 1. The zero-order valence-electron chi connectivity index (χ0n) is 12.9. The average Bonchev–Trinajstić information content (AvgIpc) is 2.73. The Balaban J connectivity index is 2.27. The fraction of sp³-hybridized carbons (Fsp3) is 0.412. The number of hydrogen-bond donors (Lipinski definition) is 1. The first-order chi connectivity index (χ1) is 10.0. The van der Waals surface area contributed by atoms with E-state index in [1.165, 1.54) is 18.4 Å². The van der Waals surface area contributed by atoms with E-state index in [9.17, 15) is 4.79 Å². The van der Waals surface area contributed by atoms with Gasteiger partial charge < -0.3 is 5.11 Å². The molecule has 0 saturated carbocycles. The molecule has 0 amide bonds. The van der Waals surface area contributed by atoms with E-state index in [4.69, 9.17) is 5.11 Å². The summed E-state index contributed by atoms with van der Waals surface area (Å²) in [5, 5.41) is 13.5. The van der Waals surface area contributed by atoms with E-state index < -0.39 is 5.97 Å². The summed E-state index contributed by atoms with van der Waals surface area (Å²) in [6.07, 6.45) is 3.50. The lowest BCUT2D eigenvalue weighted by molar-refractivity contribution is -0.136. The van der Waals surface area contributed by atoms with Gasteiger partial charge in [-0.2, -0.15) is 5.10 Å². The highest BCUT2D eigenvalue weighted by atomic mass is 16.4. The third kappa shape index (κ3) is 3.51. The molecule has 0 aliphatic heterocycles. The van der Waals surface area contributed by atoms with Crippen molar-refractivity contribution in [2.45, 2.75) is 46.5 Å². The molecule has 1 N–H and O–H groups in total. The van der Waals surface area contributed by atoms with Gasteiger partial charge in [0.1, 0.15) is 0 Å². The van der Waals surface area contributed by atoms with Gasteiger partial charge in [0, 0.05) is 11.3 Å². The molecular formula is C17H22N2O2. The molecule has 0 aliphatic carbocycles. The highest BCUT2D eigenvalue weighted by Crippen LogP contribution is 2.19. The normalized spacial score (nSPS) is 10.8. The molecule has 0 unspecified atom stereocenters. The Hall–Kier alpha value is -2.10. The van der Waals surface area contributed by atoms with Crippen molar-refractivity contribution in [3.05, 3.63) is 46.8 Å². The minimum absolute atomic E-state index is 0.0201. The molecule has 0 atom stereocenters. The molecule has 0 fully saturated rings. The van der Waals surface area contributed by atoms with E-state index in [2.05, 4.69) is 36.3 Å². The quantitative estimate of drug-likeness (QED) is 0.884. The molecule has 1 aromatic carbocycles. The molecule has 4 nitrogen and oxygen atoms in total. The van der Waals surface area contributed by atoms with Crippen LogP contribution < -0.4 is 0 Å². The maximum atomic E-state index is 10.9. The van der Waals surface area contributed by atoms with E-state index in [0.29, 0.717) is 0 Å². The standard InChI is InChI=1S/C17H22N2O2/c1-4-5-6-14-7-9-15(10-8-14)19-13(3)16(11-17(20)21)12(2)18-19/h7-10H,4-6,11H2,1-3H3,(H,20,21). The Kier molecular flexibility index (Phi) is 4.78. The topological polar surface area (TPSA) is 55.1 Å². The van der Waals surface area contributed by atoms with Crippen LogP contribution in [0, 0.1) is 13.8 Å². The fourth-order valence-corrected chi connectivity index (χ4v) is 2.52. The Bertz CT molecular complexity index is 627. The number of nitrogens with zero attached hydrogens (tertiary/aromatic N) is 2. The number of hydrogen-bond acceptors (Lipinski definition) is 2. The molecule has 112 valence electrons. The molecule has 2 rings (SSSR count). The second-order valence-electron chi connectivity index (χ2n) is 5.40. The molecule has 0 saturated heterocycles. The summed E-state index contributed by atoms with van der Waals surface area (Å²) in [7, 11) is 0. The van der Waals surface area contributed by atoms with E-state index in [1.807, 2.05) is 18.5 Å². The number of carboxylic acid groups (broad SMARTS) is 1. The summed E-state index contributed by atoms with van der Waals surface area (Å²) >= 11 is 0. The molecule has 0 aliphatic rings. The van der Waals surface area contributed by atoms with Crippen molar-refractivity contribution >= 4 is 5.97 Å². The highest BCUT2D eigenvalue weighted by Gasteiger charge is 2.15. The third-order valence-corrected chi connectivity index (χ3v) is 3.77. The Labute approximate surface area is 125 Å². The Morgan fingerprint density at radius 1 is 1.24 bits per heavy atom. The van der Waals surface area contributed by atoms with Crippen LogP contribution in [0.3, 0.4) is 0 Å². The van der Waals surface area contributed by atoms with E-state index in [0.717, 1.165) is 29.1 Å². The summed E-state index contributed by atoms with van der Waals surface area (Å²) < 4.78 is 1.83. The molecule has 0 radical (unpaired) electrons. The molecule has 21 heavy (non-hydrogen) atoms. The van der Waals surface area contributed by atoms with Crippen LogP contribution in [0.4, 0.5) is 0 Å². The van der Waals surface area contributed by atoms with Crippen LogP contribution in [0.25, 0.3) is 5.69 Å². The first-order valence-corrected chi connectivity index (χ1v) is 7.39. The maximum Gasteiger partial charge on any atom is 0.307 e. The van der Waals surface area contributed by atoms with Gasteiger partial charge in [-0.05, 0) is 44.4 Å². The van der Waals surface area contributed by atoms with Crippen LogP contribution in [-0.4, -0.2) is 20.9 Å². The molecule has 4 heteroatoms. The van der Waals surface area contributed by atoms with Crippen molar-refractivity contribution in [3.63, 3.8) is 0 Å². The van der Waals surface area contributed by atoms with E-state index in [-0.39, 0.29) is 6.42 Å². The molecule has 1 heterocycles. The largest absolute Gasteiger partial charge is 0.481 e. The van der Waals surface area contributed by atoms with Crippen LogP contribution in [0.5, 0.6) is 0 Å². The fourth-order valence-electron chi connectivity index (χ4n) is 2.52. The Morgan fingerprint density at radius 2 is 1.90 bits per heavy atom. The molecule has 0 bridgehead atoms. The average molecular weight is 286 g/mol. The van der Waals surface area contributed by atoms with Gasteiger partial charge in [0.2, 0.25) is 0 Å². The van der Waals surface area contributed by atoms with Gasteiger partial charge in [-0.1, -0.05) is 25.5 Å². The van der Waals surface area contributed by atoms with Gasteiger partial charge in [-0.25, -0.2) is 4.68 Å². The van der Waals surface area contributed by atoms with Crippen LogP contribution in [0.15, 0.2) is 24.3 Å². The van der Waals surface area contributed by atoms with Crippen molar-refractivity contribution < 1.29 is 9.90 Å². The van der Waals surface area contributed by atoms with Gasteiger partial charge in [0.25, 0.3) is 0 Å². The van der Waals surface area contributed by atoms with Crippen molar-refractivity contribution in [1.82, 2.24) is 9.78 Å². The lowest BCUT2D eigenvalue weighted by Gasteiger charge is -2.06. The minimum Gasteiger partial charge on any atom is -0.481 e. The summed E-state index contributed by atoms with van der Waals surface area (Å²) in [6, 6.07) is 8.35. The zero-order valence-corrected chi connectivity index (χ0v) is 12.9. The minimum atomic E-state index is -0.823. The number of carbonyl (C=O) groups is 1. The van der Waals surface area contributed by atoms with E-state index >= 15 is 0 Å². The van der Waals surface area contributed by atoms with Crippen LogP contribution >= 0.6 is 0 Å². The second-order valence-corrected chi connectivity index (χ2v) is 5.40. The summed E-state index contributed by atoms with van der Waals surface area (Å²) in [4.78, 5) is 10.9. The Morgan fingerprint density at radius 3 is 2.48 bits per heavy atom. The van der Waals surface area contributed by atoms with Gasteiger partial charge in [-0.3, -0.25) is 4.79 Å². The second kappa shape index (κ2) is 6.57. The van der Waals surface area contributed by atoms with Crippen molar-refractivity contribution in [1.29, 1.82) is 0 Å². The van der Waals surface area contributed by atoms with Gasteiger partial charge in [0.15, 0.2) is 0 Å². The third-order valence-electron chi connectivity index (χ3n) is 3.77. The van der Waals surface area contributed by atoms with Gasteiger partial charge >= 0.3 is 5.97 Å². The van der Waals surface area contributed by atoms with Crippen LogP contribution in [0.2, 0.25) is 0 Å². The highest BCUT2D eigenvalue weighted by molar-refractivity contribution is 5.71. The van der Waals surface area contributed by atoms with Crippen LogP contribution in [-0.2, 0) is 17.6 Å². The smallest absolute Gasteiger partial charge is 0.307 e. The number of unbranched alkanes of at least 4 members (excludes halogenated alkanes) is 1. The monoisotopic (exact) mass is 286 g/mol. The molecule has 2 aromatic rings. The first-order valence-electron chi connectivity index (χ1n) is 7.39. The summed E-state index contributed by atoms with van der Waals surface area (Å²) in [5.41, 5.74) is 4.79. The molecule has 1 aromatic heterocycles. The molecular weight excluding hydrogens is 264 g/mol. The SMILES string of the molecule is CCCCc1ccc(-n2nc(C)c(CC(=O)O)c2C)cc1. The zero-order chi connectivity index (χ0) is 15.4. The van der Waals surface area contributed by atoms with Crippen molar-refractivity contribution in [2.75, 3.05) is 0 Å². The maximum absolute atomic E-state index is 10.9. The number of carboxylic acids is 1. The van der Waals surface area contributed by atoms with E-state index in [1.54, 1.807) is 0 Å². The molecule has 0 spiro atoms. The summed E-state index contributed by atoms with van der Waals surface area (Å²) in [6.45, 7) is 5.97. The number of aromatic nitrogens is 2.